The molecule has 4 aromatic rings. The summed E-state index contributed by atoms with van der Waals surface area (Å²) in [6, 6.07) is 9.86. The van der Waals surface area contributed by atoms with Crippen molar-refractivity contribution >= 4 is 28.6 Å². The Morgan fingerprint density at radius 3 is 2.53 bits per heavy atom. The van der Waals surface area contributed by atoms with Crippen LogP contribution in [0.3, 0.4) is 0 Å². The quantitative estimate of drug-likeness (QED) is 0.472. The van der Waals surface area contributed by atoms with Crippen LogP contribution in [-0.4, -0.2) is 25.6 Å². The number of aromatic nitrogens is 4. The zero-order valence-corrected chi connectivity index (χ0v) is 19.0. The third-order valence-electron chi connectivity index (χ3n) is 5.34. The smallest absolute Gasteiger partial charge is 0.230 e. The second-order valence-electron chi connectivity index (χ2n) is 9.25. The molecule has 0 atom stereocenters. The summed E-state index contributed by atoms with van der Waals surface area (Å²) < 4.78 is 7.41. The first kappa shape index (κ1) is 21.5. The Kier molecular flexibility index (Phi) is 5.46. The van der Waals surface area contributed by atoms with Crippen LogP contribution < -0.4 is 11.1 Å². The number of nitrogens with one attached hydrogen (secondary N) is 1. The average molecular weight is 433 g/mol. The number of hydrogen-bond acceptors (Lipinski definition) is 6. The second kappa shape index (κ2) is 8.11. The van der Waals surface area contributed by atoms with Crippen molar-refractivity contribution in [3.05, 3.63) is 54.2 Å². The molecule has 0 saturated carbocycles. The van der Waals surface area contributed by atoms with Crippen molar-refractivity contribution in [1.82, 2.24) is 19.7 Å². The van der Waals surface area contributed by atoms with Crippen LogP contribution in [0, 0.1) is 0 Å². The fraction of sp³-hybridized carbons (Fsp3) is 0.333. The van der Waals surface area contributed by atoms with E-state index < -0.39 is 0 Å². The summed E-state index contributed by atoms with van der Waals surface area (Å²) in [5.41, 5.74) is 9.68. The lowest BCUT2D eigenvalue weighted by atomic mass is 9.93. The van der Waals surface area contributed by atoms with Gasteiger partial charge < -0.3 is 20.1 Å². The van der Waals surface area contributed by atoms with E-state index in [2.05, 4.69) is 45.1 Å². The van der Waals surface area contributed by atoms with Gasteiger partial charge in [-0.15, -0.1) is 0 Å². The van der Waals surface area contributed by atoms with Crippen LogP contribution in [0.5, 0.6) is 0 Å². The van der Waals surface area contributed by atoms with Gasteiger partial charge in [-0.1, -0.05) is 50.2 Å². The monoisotopic (exact) mass is 432 g/mol. The lowest BCUT2D eigenvalue weighted by Gasteiger charge is -2.12. The van der Waals surface area contributed by atoms with Gasteiger partial charge in [0, 0.05) is 29.3 Å². The van der Waals surface area contributed by atoms with Crippen LogP contribution in [0.4, 0.5) is 11.6 Å². The number of carbonyl (C=O) groups is 1. The maximum atomic E-state index is 12.5. The van der Waals surface area contributed by atoms with Crippen molar-refractivity contribution in [3.8, 4) is 11.1 Å². The van der Waals surface area contributed by atoms with E-state index in [1.54, 1.807) is 6.07 Å². The Labute approximate surface area is 186 Å². The van der Waals surface area contributed by atoms with Crippen LogP contribution in [0.1, 0.15) is 52.0 Å². The third kappa shape index (κ3) is 4.21. The topological polar surface area (TPSA) is 112 Å². The molecule has 32 heavy (non-hydrogen) atoms. The number of nitrogens with two attached hydrogens (primary N) is 1. The molecule has 1 aromatic carbocycles. The van der Waals surface area contributed by atoms with Gasteiger partial charge >= 0.3 is 0 Å². The van der Waals surface area contributed by atoms with Gasteiger partial charge in [-0.05, 0) is 25.0 Å². The first-order valence-electron chi connectivity index (χ1n) is 10.6. The molecule has 0 aliphatic carbocycles. The minimum Gasteiger partial charge on any atom is -0.383 e. The molecule has 0 aliphatic heterocycles. The zero-order chi connectivity index (χ0) is 23.0. The standard InChI is InChI=1S/C24H28N6O2/c1-14(2)30-12-17(21-22(25)26-13-27-23(21)30)16-8-6-15(7-9-16)10-20(31)28-19-11-18(32-29-19)24(3,4)5/h6-9,11-14H,10H2,1-5H3,(H2,25,26,27)(H,28,29,31). The minimum atomic E-state index is -0.168. The number of nitrogens with zero attached hydrogens (tertiary/aromatic N) is 4. The second-order valence-corrected chi connectivity index (χ2v) is 9.25. The third-order valence-corrected chi connectivity index (χ3v) is 5.34. The summed E-state index contributed by atoms with van der Waals surface area (Å²) in [6.45, 7) is 10.3. The number of nitrogen functional groups attached to an aromatic ring is 1. The molecule has 8 nitrogen and oxygen atoms in total. The van der Waals surface area contributed by atoms with Gasteiger partial charge in [0.2, 0.25) is 5.91 Å². The number of hydrogen-bond donors (Lipinski definition) is 2. The molecule has 0 bridgehead atoms. The van der Waals surface area contributed by atoms with E-state index in [4.69, 9.17) is 10.3 Å². The molecule has 0 saturated heterocycles. The molecule has 3 aromatic heterocycles. The highest BCUT2D eigenvalue weighted by molar-refractivity contribution is 6.00. The maximum Gasteiger partial charge on any atom is 0.230 e. The minimum absolute atomic E-state index is 0.152. The molecule has 0 spiro atoms. The van der Waals surface area contributed by atoms with Gasteiger partial charge in [0.1, 0.15) is 23.6 Å². The van der Waals surface area contributed by atoms with Crippen molar-refractivity contribution in [1.29, 1.82) is 0 Å². The average Bonchev–Trinajstić information content (AvgIpc) is 3.34. The fourth-order valence-corrected chi connectivity index (χ4v) is 3.58. The Morgan fingerprint density at radius 2 is 1.91 bits per heavy atom. The predicted octanol–water partition coefficient (Wildman–Crippen LogP) is 4.73. The van der Waals surface area contributed by atoms with Gasteiger partial charge in [0.15, 0.2) is 5.82 Å². The summed E-state index contributed by atoms with van der Waals surface area (Å²) in [7, 11) is 0. The molecule has 0 fully saturated rings. The molecular formula is C24H28N6O2. The van der Waals surface area contributed by atoms with Crippen LogP contribution in [0.2, 0.25) is 0 Å². The lowest BCUT2D eigenvalue weighted by molar-refractivity contribution is -0.115. The van der Waals surface area contributed by atoms with Crippen molar-refractivity contribution in [2.75, 3.05) is 11.1 Å². The number of carbonyl (C=O) groups excluding carboxylic acids is 1. The lowest BCUT2D eigenvalue weighted by Crippen LogP contribution is -2.14. The van der Waals surface area contributed by atoms with Crippen molar-refractivity contribution < 1.29 is 9.32 Å². The van der Waals surface area contributed by atoms with E-state index >= 15 is 0 Å². The summed E-state index contributed by atoms with van der Waals surface area (Å²) in [4.78, 5) is 21.1. The van der Waals surface area contributed by atoms with Crippen LogP contribution in [-0.2, 0) is 16.6 Å². The Hall–Kier alpha value is -3.68. The first-order chi connectivity index (χ1) is 15.1. The van der Waals surface area contributed by atoms with Gasteiger partial charge in [-0.2, -0.15) is 0 Å². The molecule has 166 valence electrons. The van der Waals surface area contributed by atoms with Crippen LogP contribution in [0.15, 0.2) is 47.4 Å². The zero-order valence-electron chi connectivity index (χ0n) is 19.0. The van der Waals surface area contributed by atoms with Crippen molar-refractivity contribution in [2.45, 2.75) is 52.5 Å². The van der Waals surface area contributed by atoms with E-state index in [0.29, 0.717) is 11.6 Å². The summed E-state index contributed by atoms with van der Waals surface area (Å²) >= 11 is 0. The first-order valence-corrected chi connectivity index (χ1v) is 10.6. The highest BCUT2D eigenvalue weighted by Crippen LogP contribution is 2.34. The van der Waals surface area contributed by atoms with E-state index in [0.717, 1.165) is 33.5 Å². The molecule has 3 heterocycles. The molecular weight excluding hydrogens is 404 g/mol. The molecule has 0 radical (unpaired) electrons. The summed E-state index contributed by atoms with van der Waals surface area (Å²) in [5, 5.41) is 7.58. The normalized spacial score (nSPS) is 11.9. The van der Waals surface area contributed by atoms with Gasteiger partial charge in [0.05, 0.1) is 11.8 Å². The molecule has 4 rings (SSSR count). The van der Waals surface area contributed by atoms with Crippen LogP contribution in [0.25, 0.3) is 22.2 Å². The van der Waals surface area contributed by atoms with Crippen molar-refractivity contribution in [3.63, 3.8) is 0 Å². The molecule has 1 amide bonds. The van der Waals surface area contributed by atoms with Gasteiger partial charge in [-0.25, -0.2) is 9.97 Å². The maximum absolute atomic E-state index is 12.5. The number of amides is 1. The van der Waals surface area contributed by atoms with Crippen LogP contribution >= 0.6 is 0 Å². The summed E-state index contributed by atoms with van der Waals surface area (Å²) in [6.07, 6.45) is 3.78. The molecule has 0 aliphatic rings. The van der Waals surface area contributed by atoms with E-state index in [9.17, 15) is 4.79 Å². The number of anilines is 2. The molecule has 3 N–H and O–H groups in total. The fourth-order valence-electron chi connectivity index (χ4n) is 3.58. The Morgan fingerprint density at radius 1 is 1.19 bits per heavy atom. The number of rotatable bonds is 5. The van der Waals surface area contributed by atoms with E-state index in [-0.39, 0.29) is 23.8 Å². The van der Waals surface area contributed by atoms with Crippen molar-refractivity contribution in [2.24, 2.45) is 0 Å². The highest BCUT2D eigenvalue weighted by Gasteiger charge is 2.20. The van der Waals surface area contributed by atoms with Gasteiger partial charge in [-0.3, -0.25) is 4.79 Å². The predicted molar refractivity (Wildman–Crippen MR) is 125 cm³/mol. The SMILES string of the molecule is CC(C)n1cc(-c2ccc(CC(=O)Nc3cc(C(C)(C)C)on3)cc2)c2c(N)ncnc21. The number of benzene rings is 1. The molecule has 8 heteroatoms. The largest absolute Gasteiger partial charge is 0.383 e. The van der Waals surface area contributed by atoms with E-state index in [1.165, 1.54) is 6.33 Å². The highest BCUT2D eigenvalue weighted by atomic mass is 16.5. The van der Waals surface area contributed by atoms with E-state index in [1.807, 2.05) is 45.0 Å². The Balaban J connectivity index is 1.53. The summed E-state index contributed by atoms with van der Waals surface area (Å²) in [5.74, 6) is 1.45. The Bertz CT molecular complexity index is 1260. The van der Waals surface area contributed by atoms with Gasteiger partial charge in [0.25, 0.3) is 0 Å². The molecule has 0 unspecified atom stereocenters. The number of fused-ring (bicyclic) bond motifs is 1.